The summed E-state index contributed by atoms with van der Waals surface area (Å²) in [6.45, 7) is 1.26. The Morgan fingerprint density at radius 1 is 0.857 bits per heavy atom. The number of hydrogen-bond acceptors (Lipinski definition) is 1. The number of likely N-dealkylation sites (N-methyl/N-ethyl adjacent to an activating group) is 1. The molecule has 5 saturated carbocycles. The average molecular weight is 279 g/mol. The van der Waals surface area contributed by atoms with Gasteiger partial charge in [0.25, 0.3) is 0 Å². The van der Waals surface area contributed by atoms with Crippen molar-refractivity contribution in [1.29, 1.82) is 0 Å². The molecule has 0 saturated heterocycles. The van der Waals surface area contributed by atoms with Gasteiger partial charge in [-0.1, -0.05) is 30.3 Å². The van der Waals surface area contributed by atoms with E-state index in [1.807, 2.05) is 0 Å². The molecular weight excluding hydrogens is 254 g/mol. The van der Waals surface area contributed by atoms with Gasteiger partial charge >= 0.3 is 0 Å². The molecule has 1 aromatic carbocycles. The van der Waals surface area contributed by atoms with Gasteiger partial charge < -0.3 is 4.90 Å². The largest absolute Gasteiger partial charge is 0.302 e. The molecule has 0 aliphatic heterocycles. The van der Waals surface area contributed by atoms with Gasteiger partial charge in [-0.15, -0.1) is 0 Å². The Kier molecular flexibility index (Phi) is 2.08. The van der Waals surface area contributed by atoms with Crippen LogP contribution in [0.4, 0.5) is 0 Å². The van der Waals surface area contributed by atoms with Gasteiger partial charge in [0.05, 0.1) is 0 Å². The molecule has 0 aromatic heterocycles. The highest BCUT2D eigenvalue weighted by Gasteiger charge is 2.80. The first kappa shape index (κ1) is 11.7. The summed E-state index contributed by atoms with van der Waals surface area (Å²) >= 11 is 0. The number of benzene rings is 1. The highest BCUT2D eigenvalue weighted by molar-refractivity contribution is 5.29. The fourth-order valence-corrected chi connectivity index (χ4v) is 8.11. The minimum Gasteiger partial charge on any atom is -0.302 e. The summed E-state index contributed by atoms with van der Waals surface area (Å²) in [6.07, 6.45) is 4.48. The van der Waals surface area contributed by atoms with Crippen molar-refractivity contribution in [2.24, 2.45) is 47.3 Å². The normalized spacial score (nSPS) is 53.9. The van der Waals surface area contributed by atoms with Crippen LogP contribution in [0.2, 0.25) is 0 Å². The topological polar surface area (TPSA) is 3.24 Å². The number of fused-ring (bicyclic) bond motifs is 2. The minimum absolute atomic E-state index is 0.955. The molecule has 2 bridgehead atoms. The van der Waals surface area contributed by atoms with Crippen molar-refractivity contribution in [1.82, 2.24) is 4.90 Å². The zero-order valence-corrected chi connectivity index (χ0v) is 12.9. The van der Waals surface area contributed by atoms with Crippen LogP contribution in [0, 0.1) is 47.3 Å². The first-order valence-corrected chi connectivity index (χ1v) is 9.09. The van der Waals surface area contributed by atoms with Crippen LogP contribution in [0.15, 0.2) is 30.3 Å². The predicted octanol–water partition coefficient (Wildman–Crippen LogP) is 3.31. The smallest absolute Gasteiger partial charge is 0.0160 e. The summed E-state index contributed by atoms with van der Waals surface area (Å²) in [6, 6.07) is 12.0. The maximum atomic E-state index is 2.78. The Hall–Kier alpha value is -0.820. The third-order valence-corrected chi connectivity index (χ3v) is 8.39. The SMILES string of the molecule is CN(CCc1ccccc1)[C@H]1[C@H]2[C@H]3C[C@@H]4[C@H]5[C@H]3C[C@H]2[C@@H]5[C@H]41. The number of nitrogens with zero attached hydrogens (tertiary/aromatic N) is 1. The van der Waals surface area contributed by atoms with Crippen molar-refractivity contribution in [3.05, 3.63) is 35.9 Å². The second-order valence-corrected chi connectivity index (χ2v) is 8.64. The van der Waals surface area contributed by atoms with E-state index in [2.05, 4.69) is 42.3 Å². The molecule has 5 aliphatic carbocycles. The van der Waals surface area contributed by atoms with Crippen molar-refractivity contribution >= 4 is 0 Å². The van der Waals surface area contributed by atoms with E-state index >= 15 is 0 Å². The van der Waals surface area contributed by atoms with E-state index in [0.29, 0.717) is 0 Å². The number of rotatable bonds is 4. The Morgan fingerprint density at radius 2 is 1.57 bits per heavy atom. The third kappa shape index (κ3) is 1.22. The summed E-state index contributed by atoms with van der Waals surface area (Å²) in [4.78, 5) is 2.78. The lowest BCUT2D eigenvalue weighted by molar-refractivity contribution is -0.0196. The van der Waals surface area contributed by atoms with Crippen LogP contribution < -0.4 is 0 Å². The zero-order chi connectivity index (χ0) is 13.7. The summed E-state index contributed by atoms with van der Waals surface area (Å²) in [5.41, 5.74) is 1.51. The Bertz CT molecular complexity index is 575. The standard InChI is InChI=1S/C20H25N/c1-21(8-7-11-5-3-2-4-6-11)20-17-13-10-14-16-12(13)9-15(17)18(16)19(14)20/h2-6,12-20H,7-10H2,1H3/t12-,13-,14+,15+,16+,17-,18-,19-,20-/m0/s1. The van der Waals surface area contributed by atoms with Gasteiger partial charge in [0, 0.05) is 12.6 Å². The van der Waals surface area contributed by atoms with E-state index in [9.17, 15) is 0 Å². The highest BCUT2D eigenvalue weighted by atomic mass is 15.2. The molecule has 5 fully saturated rings. The van der Waals surface area contributed by atoms with Crippen LogP contribution in [0.25, 0.3) is 0 Å². The van der Waals surface area contributed by atoms with E-state index in [0.717, 1.165) is 35.6 Å². The van der Waals surface area contributed by atoms with Crippen molar-refractivity contribution in [3.63, 3.8) is 0 Å². The molecule has 1 heteroatoms. The van der Waals surface area contributed by atoms with Crippen molar-refractivity contribution in [2.45, 2.75) is 25.3 Å². The summed E-state index contributed by atoms with van der Waals surface area (Å²) in [5.74, 6) is 9.20. The first-order valence-electron chi connectivity index (χ1n) is 9.09. The fourth-order valence-electron chi connectivity index (χ4n) is 8.11. The van der Waals surface area contributed by atoms with E-state index in [1.54, 1.807) is 12.8 Å². The second-order valence-electron chi connectivity index (χ2n) is 8.64. The van der Waals surface area contributed by atoms with Crippen molar-refractivity contribution in [3.8, 4) is 0 Å². The van der Waals surface area contributed by atoms with Gasteiger partial charge in [0.1, 0.15) is 0 Å². The van der Waals surface area contributed by atoms with Gasteiger partial charge in [-0.3, -0.25) is 0 Å². The quantitative estimate of drug-likeness (QED) is 0.817. The van der Waals surface area contributed by atoms with Crippen LogP contribution in [-0.4, -0.2) is 24.5 Å². The van der Waals surface area contributed by atoms with Crippen molar-refractivity contribution in [2.75, 3.05) is 13.6 Å². The zero-order valence-electron chi connectivity index (χ0n) is 12.9. The molecule has 0 heterocycles. The molecule has 6 rings (SSSR count). The molecule has 0 spiro atoms. The molecule has 0 radical (unpaired) electrons. The number of hydrogen-bond donors (Lipinski definition) is 0. The molecule has 0 unspecified atom stereocenters. The molecule has 110 valence electrons. The molecule has 5 aliphatic rings. The molecule has 1 aromatic rings. The van der Waals surface area contributed by atoms with Crippen LogP contribution in [-0.2, 0) is 6.42 Å². The molecule has 0 amide bonds. The van der Waals surface area contributed by atoms with E-state index < -0.39 is 0 Å². The Balaban J connectivity index is 1.23. The van der Waals surface area contributed by atoms with Gasteiger partial charge in [-0.25, -0.2) is 0 Å². The maximum Gasteiger partial charge on any atom is 0.0160 e. The predicted molar refractivity (Wildman–Crippen MR) is 83.7 cm³/mol. The minimum atomic E-state index is 0.955. The van der Waals surface area contributed by atoms with Crippen LogP contribution >= 0.6 is 0 Å². The van der Waals surface area contributed by atoms with E-state index in [-0.39, 0.29) is 0 Å². The lowest BCUT2D eigenvalue weighted by Crippen LogP contribution is -2.52. The molecule has 9 atom stereocenters. The molecular formula is C20H25N. The first-order chi connectivity index (χ1) is 10.3. The summed E-state index contributed by atoms with van der Waals surface area (Å²) in [5, 5.41) is 0. The molecule has 0 N–H and O–H groups in total. The molecule has 21 heavy (non-hydrogen) atoms. The highest BCUT2D eigenvalue weighted by Crippen LogP contribution is 2.83. The van der Waals surface area contributed by atoms with Crippen molar-refractivity contribution < 1.29 is 0 Å². The van der Waals surface area contributed by atoms with Gasteiger partial charge in [0.15, 0.2) is 0 Å². The lowest BCUT2D eigenvalue weighted by atomic mass is 9.58. The third-order valence-electron chi connectivity index (χ3n) is 8.39. The van der Waals surface area contributed by atoms with Crippen LogP contribution in [0.5, 0.6) is 0 Å². The van der Waals surface area contributed by atoms with E-state index in [1.165, 1.54) is 36.3 Å². The Labute approximate surface area is 127 Å². The average Bonchev–Trinajstić information content (AvgIpc) is 3.05. The fraction of sp³-hybridized carbons (Fsp3) is 0.700. The summed E-state index contributed by atoms with van der Waals surface area (Å²) < 4.78 is 0. The van der Waals surface area contributed by atoms with Crippen LogP contribution in [0.1, 0.15) is 18.4 Å². The Morgan fingerprint density at radius 3 is 2.38 bits per heavy atom. The van der Waals surface area contributed by atoms with Gasteiger partial charge in [0.2, 0.25) is 0 Å². The van der Waals surface area contributed by atoms with Gasteiger partial charge in [-0.05, 0) is 79.2 Å². The summed E-state index contributed by atoms with van der Waals surface area (Å²) in [7, 11) is 2.43. The lowest BCUT2D eigenvalue weighted by Gasteiger charge is -2.50. The van der Waals surface area contributed by atoms with E-state index in [4.69, 9.17) is 0 Å². The monoisotopic (exact) mass is 279 g/mol. The molecule has 1 nitrogen and oxygen atoms in total. The van der Waals surface area contributed by atoms with Crippen LogP contribution in [0.3, 0.4) is 0 Å². The van der Waals surface area contributed by atoms with Gasteiger partial charge in [-0.2, -0.15) is 0 Å². The maximum absolute atomic E-state index is 2.78. The second kappa shape index (κ2) is 3.74.